The number of carboxylic acid groups (broad SMARTS) is 1. The first-order valence-electron chi connectivity index (χ1n) is 6.06. The van der Waals surface area contributed by atoms with Crippen LogP contribution in [-0.2, 0) is 0 Å². The van der Waals surface area contributed by atoms with Crippen LogP contribution in [0.25, 0.3) is 16.5 Å². The predicted octanol–water partition coefficient (Wildman–Crippen LogP) is 1.91. The zero-order valence-corrected chi connectivity index (χ0v) is 10.3. The molecule has 6 heteroatoms. The zero-order valence-electron chi connectivity index (χ0n) is 10.3. The Morgan fingerprint density at radius 3 is 3.00 bits per heavy atom. The van der Waals surface area contributed by atoms with Crippen molar-refractivity contribution < 1.29 is 9.90 Å². The summed E-state index contributed by atoms with van der Waals surface area (Å²) < 4.78 is 0. The molecule has 0 saturated heterocycles. The minimum absolute atomic E-state index is 0.404. The second-order valence-electron chi connectivity index (χ2n) is 4.59. The number of hydrogen-bond acceptors (Lipinski definition) is 3. The number of amides is 1. The number of nitrogens with two attached hydrogens (primary N) is 1. The van der Waals surface area contributed by atoms with E-state index in [9.17, 15) is 4.79 Å². The van der Waals surface area contributed by atoms with Gasteiger partial charge in [-0.1, -0.05) is 6.08 Å². The highest BCUT2D eigenvalue weighted by Crippen LogP contribution is 2.28. The van der Waals surface area contributed by atoms with Gasteiger partial charge in [0.1, 0.15) is 0 Å². The minimum atomic E-state index is -0.883. The normalized spacial score (nSPS) is 15.6. The summed E-state index contributed by atoms with van der Waals surface area (Å²) in [6, 6.07) is 5.61. The fraction of sp³-hybridized carbons (Fsp3) is 0.231. The molecule has 4 N–H and O–H groups in total. The van der Waals surface area contributed by atoms with Gasteiger partial charge < -0.3 is 15.7 Å². The van der Waals surface area contributed by atoms with Crippen molar-refractivity contribution >= 4 is 28.3 Å². The van der Waals surface area contributed by atoms with Crippen LogP contribution in [0.3, 0.4) is 0 Å². The van der Waals surface area contributed by atoms with E-state index in [1.807, 2.05) is 24.3 Å². The average Bonchev–Trinajstić information content (AvgIpc) is 2.81. The lowest BCUT2D eigenvalue weighted by atomic mass is 10.0. The SMILES string of the molecule is Nc1ccc2[nH]nc(C3=CCN(C(=O)O)CC3)c2c1. The number of hydrogen-bond donors (Lipinski definition) is 3. The van der Waals surface area contributed by atoms with Gasteiger partial charge in [-0.2, -0.15) is 5.10 Å². The largest absolute Gasteiger partial charge is 0.465 e. The van der Waals surface area contributed by atoms with Gasteiger partial charge in [0.15, 0.2) is 0 Å². The number of aromatic nitrogens is 2. The maximum Gasteiger partial charge on any atom is 0.407 e. The monoisotopic (exact) mass is 258 g/mol. The quantitative estimate of drug-likeness (QED) is 0.681. The number of nitrogen functional groups attached to an aromatic ring is 1. The van der Waals surface area contributed by atoms with Crippen LogP contribution in [0.2, 0.25) is 0 Å². The number of anilines is 1. The summed E-state index contributed by atoms with van der Waals surface area (Å²) in [5.74, 6) is 0. The van der Waals surface area contributed by atoms with E-state index in [0.717, 1.165) is 22.2 Å². The van der Waals surface area contributed by atoms with E-state index in [0.29, 0.717) is 25.2 Å². The van der Waals surface area contributed by atoms with E-state index in [1.165, 1.54) is 4.90 Å². The lowest BCUT2D eigenvalue weighted by molar-refractivity contribution is 0.150. The average molecular weight is 258 g/mol. The highest BCUT2D eigenvalue weighted by molar-refractivity contribution is 5.92. The van der Waals surface area contributed by atoms with Crippen molar-refractivity contribution in [3.8, 4) is 0 Å². The van der Waals surface area contributed by atoms with Crippen molar-refractivity contribution in [2.24, 2.45) is 0 Å². The molecular formula is C13H14N4O2. The molecule has 1 aliphatic heterocycles. The smallest absolute Gasteiger partial charge is 0.407 e. The van der Waals surface area contributed by atoms with Crippen molar-refractivity contribution in [1.29, 1.82) is 0 Å². The fourth-order valence-corrected chi connectivity index (χ4v) is 2.33. The molecule has 1 aliphatic rings. The second kappa shape index (κ2) is 4.31. The van der Waals surface area contributed by atoms with Gasteiger partial charge in [0.2, 0.25) is 0 Å². The second-order valence-corrected chi connectivity index (χ2v) is 4.59. The van der Waals surface area contributed by atoms with Crippen molar-refractivity contribution in [3.05, 3.63) is 30.0 Å². The first-order valence-corrected chi connectivity index (χ1v) is 6.06. The summed E-state index contributed by atoms with van der Waals surface area (Å²) in [5.41, 5.74) is 9.36. The summed E-state index contributed by atoms with van der Waals surface area (Å²) in [4.78, 5) is 12.2. The molecule has 0 fully saturated rings. The van der Waals surface area contributed by atoms with Gasteiger partial charge in [0.25, 0.3) is 0 Å². The highest BCUT2D eigenvalue weighted by Gasteiger charge is 2.19. The topological polar surface area (TPSA) is 95.2 Å². The van der Waals surface area contributed by atoms with E-state index >= 15 is 0 Å². The molecule has 1 aromatic heterocycles. The van der Waals surface area contributed by atoms with E-state index in [4.69, 9.17) is 10.8 Å². The van der Waals surface area contributed by atoms with Crippen LogP contribution in [0.4, 0.5) is 10.5 Å². The van der Waals surface area contributed by atoms with E-state index in [1.54, 1.807) is 0 Å². The number of nitrogens with one attached hydrogen (secondary N) is 1. The third kappa shape index (κ3) is 2.01. The predicted molar refractivity (Wildman–Crippen MR) is 72.7 cm³/mol. The molecule has 0 radical (unpaired) electrons. The molecule has 19 heavy (non-hydrogen) atoms. The van der Waals surface area contributed by atoms with Gasteiger partial charge in [-0.25, -0.2) is 4.79 Å². The van der Waals surface area contributed by atoms with Gasteiger partial charge in [-0.3, -0.25) is 5.10 Å². The number of nitrogens with zero attached hydrogens (tertiary/aromatic N) is 2. The Labute approximate surface area is 109 Å². The molecule has 98 valence electrons. The molecule has 3 rings (SSSR count). The molecule has 0 aliphatic carbocycles. The summed E-state index contributed by atoms with van der Waals surface area (Å²) >= 11 is 0. The van der Waals surface area contributed by atoms with E-state index < -0.39 is 6.09 Å². The number of fused-ring (bicyclic) bond motifs is 1. The number of H-pyrrole nitrogens is 1. The minimum Gasteiger partial charge on any atom is -0.465 e. The number of benzene rings is 1. The maximum absolute atomic E-state index is 10.9. The third-order valence-corrected chi connectivity index (χ3v) is 3.37. The lowest BCUT2D eigenvalue weighted by Gasteiger charge is -2.23. The number of aromatic amines is 1. The molecule has 0 saturated carbocycles. The first-order chi connectivity index (χ1) is 9.15. The van der Waals surface area contributed by atoms with Crippen LogP contribution in [0.15, 0.2) is 24.3 Å². The molecule has 0 unspecified atom stereocenters. The van der Waals surface area contributed by atoms with Crippen LogP contribution < -0.4 is 5.73 Å². The number of rotatable bonds is 1. The maximum atomic E-state index is 10.9. The Kier molecular flexibility index (Phi) is 2.63. The molecule has 0 spiro atoms. The fourth-order valence-electron chi connectivity index (χ4n) is 2.33. The van der Waals surface area contributed by atoms with Gasteiger partial charge in [0, 0.05) is 24.2 Å². The molecule has 0 atom stereocenters. The van der Waals surface area contributed by atoms with Crippen LogP contribution in [0, 0.1) is 0 Å². The standard InChI is InChI=1S/C13H14N4O2/c14-9-1-2-11-10(7-9)12(16-15-11)8-3-5-17(6-4-8)13(18)19/h1-3,7H,4-6,14H2,(H,15,16)(H,18,19). The van der Waals surface area contributed by atoms with E-state index in [2.05, 4.69) is 10.2 Å². The Morgan fingerprint density at radius 1 is 1.47 bits per heavy atom. The van der Waals surface area contributed by atoms with Gasteiger partial charge >= 0.3 is 6.09 Å². The van der Waals surface area contributed by atoms with Crippen molar-refractivity contribution in [2.45, 2.75) is 6.42 Å². The Balaban J connectivity index is 1.97. The van der Waals surface area contributed by atoms with E-state index in [-0.39, 0.29) is 0 Å². The van der Waals surface area contributed by atoms with Crippen molar-refractivity contribution in [3.63, 3.8) is 0 Å². The Bertz CT molecular complexity index is 674. The van der Waals surface area contributed by atoms with Crippen LogP contribution >= 0.6 is 0 Å². The lowest BCUT2D eigenvalue weighted by Crippen LogP contribution is -2.33. The molecule has 6 nitrogen and oxygen atoms in total. The molecule has 1 amide bonds. The Morgan fingerprint density at radius 2 is 2.32 bits per heavy atom. The molecular weight excluding hydrogens is 244 g/mol. The molecule has 1 aromatic carbocycles. The molecule has 0 bridgehead atoms. The number of carbonyl (C=O) groups is 1. The highest BCUT2D eigenvalue weighted by atomic mass is 16.4. The summed E-state index contributed by atoms with van der Waals surface area (Å²) in [5, 5.41) is 17.2. The van der Waals surface area contributed by atoms with Gasteiger partial charge in [-0.05, 0) is 30.2 Å². The molecule has 2 aromatic rings. The summed E-state index contributed by atoms with van der Waals surface area (Å²) in [6.07, 6.45) is 1.70. The van der Waals surface area contributed by atoms with Crippen molar-refractivity contribution in [2.75, 3.05) is 18.8 Å². The zero-order chi connectivity index (χ0) is 13.4. The van der Waals surface area contributed by atoms with Crippen LogP contribution in [0.5, 0.6) is 0 Å². The van der Waals surface area contributed by atoms with Crippen LogP contribution in [0.1, 0.15) is 12.1 Å². The third-order valence-electron chi connectivity index (χ3n) is 3.37. The first kappa shape index (κ1) is 11.6. The van der Waals surface area contributed by atoms with Gasteiger partial charge in [0.05, 0.1) is 11.2 Å². The van der Waals surface area contributed by atoms with Crippen molar-refractivity contribution in [1.82, 2.24) is 15.1 Å². The van der Waals surface area contributed by atoms with Gasteiger partial charge in [-0.15, -0.1) is 0 Å². The summed E-state index contributed by atoms with van der Waals surface area (Å²) in [7, 11) is 0. The Hall–Kier alpha value is -2.50. The molecule has 2 heterocycles. The summed E-state index contributed by atoms with van der Waals surface area (Å²) in [6.45, 7) is 0.902. The van der Waals surface area contributed by atoms with Crippen LogP contribution in [-0.4, -0.2) is 39.4 Å².